The summed E-state index contributed by atoms with van der Waals surface area (Å²) in [5.41, 5.74) is -0.569. The Kier molecular flexibility index (Phi) is 4.83. The zero-order valence-electron chi connectivity index (χ0n) is 13.8. The first-order chi connectivity index (χ1) is 11.5. The van der Waals surface area contributed by atoms with Gasteiger partial charge in [0.1, 0.15) is 23.4 Å². The van der Waals surface area contributed by atoms with Gasteiger partial charge in [0.05, 0.1) is 10.6 Å². The number of ether oxygens (including phenoxy) is 2. The van der Waals surface area contributed by atoms with E-state index in [2.05, 4.69) is 5.32 Å². The van der Waals surface area contributed by atoms with Crippen LogP contribution >= 0.6 is 21.8 Å². The molecule has 0 unspecified atom stereocenters. The largest absolute Gasteiger partial charge is 0.486 e. The molecule has 0 bridgehead atoms. The standard InChI is InChI=1S/C14H18ClF5N2O3S/c1-14(2,15)8-24-13(23)22-11-5-10(26(16,17,18,19)20)3-4-12(11)25-9-6-21-7-9/h3-5,9,21H,6-8H2,1-2H3,(H,22,23). The van der Waals surface area contributed by atoms with E-state index in [1.165, 1.54) is 0 Å². The maximum atomic E-state index is 13.0. The Hall–Kier alpha value is -1.46. The average Bonchev–Trinajstić information content (AvgIpc) is 2.38. The molecule has 2 rings (SSSR count). The molecule has 150 valence electrons. The van der Waals surface area contributed by atoms with Crippen LogP contribution in [0.25, 0.3) is 0 Å². The quantitative estimate of drug-likeness (QED) is 0.483. The van der Waals surface area contributed by atoms with E-state index in [1.807, 2.05) is 5.32 Å². The maximum absolute atomic E-state index is 13.0. The number of rotatable bonds is 6. The van der Waals surface area contributed by atoms with Gasteiger partial charge in [-0.05, 0) is 32.0 Å². The van der Waals surface area contributed by atoms with Gasteiger partial charge in [-0.2, -0.15) is 0 Å². The van der Waals surface area contributed by atoms with Crippen molar-refractivity contribution in [3.05, 3.63) is 18.2 Å². The summed E-state index contributed by atoms with van der Waals surface area (Å²) in [6.07, 6.45) is -1.49. The van der Waals surface area contributed by atoms with Crippen LogP contribution in [-0.2, 0) is 4.74 Å². The number of carbonyl (C=O) groups excluding carboxylic acids is 1. The number of alkyl halides is 1. The number of amides is 1. The Morgan fingerprint density at radius 2 is 1.92 bits per heavy atom. The van der Waals surface area contributed by atoms with E-state index in [4.69, 9.17) is 21.1 Å². The lowest BCUT2D eigenvalue weighted by Crippen LogP contribution is -2.50. The monoisotopic (exact) mass is 424 g/mol. The molecule has 26 heavy (non-hydrogen) atoms. The van der Waals surface area contributed by atoms with E-state index >= 15 is 0 Å². The highest BCUT2D eigenvalue weighted by atomic mass is 35.5. The molecule has 0 aliphatic carbocycles. The molecule has 1 fully saturated rings. The fraction of sp³-hybridized carbons (Fsp3) is 0.500. The van der Waals surface area contributed by atoms with Crippen molar-refractivity contribution in [1.29, 1.82) is 0 Å². The molecule has 2 N–H and O–H groups in total. The highest BCUT2D eigenvalue weighted by Gasteiger charge is 2.65. The van der Waals surface area contributed by atoms with Crippen molar-refractivity contribution in [2.24, 2.45) is 0 Å². The summed E-state index contributed by atoms with van der Waals surface area (Å²) in [4.78, 5) is 8.74. The molecule has 0 spiro atoms. The lowest BCUT2D eigenvalue weighted by molar-refractivity contribution is 0.141. The van der Waals surface area contributed by atoms with Crippen LogP contribution in [0.3, 0.4) is 0 Å². The molecule has 1 aliphatic rings. The Labute approximate surface area is 151 Å². The van der Waals surface area contributed by atoms with Crippen LogP contribution in [0.15, 0.2) is 23.1 Å². The molecule has 0 radical (unpaired) electrons. The summed E-state index contributed by atoms with van der Waals surface area (Å²) in [7, 11) is -9.92. The number of anilines is 1. The van der Waals surface area contributed by atoms with E-state index in [9.17, 15) is 24.2 Å². The summed E-state index contributed by atoms with van der Waals surface area (Å²) >= 11 is 5.85. The van der Waals surface area contributed by atoms with Gasteiger partial charge < -0.3 is 14.8 Å². The minimum absolute atomic E-state index is 0.135. The van der Waals surface area contributed by atoms with Gasteiger partial charge >= 0.3 is 16.3 Å². The van der Waals surface area contributed by atoms with E-state index in [0.717, 1.165) is 6.07 Å². The molecule has 0 saturated carbocycles. The van der Waals surface area contributed by atoms with Crippen molar-refractivity contribution >= 4 is 33.6 Å². The van der Waals surface area contributed by atoms with E-state index in [-0.39, 0.29) is 30.6 Å². The summed E-state index contributed by atoms with van der Waals surface area (Å²) in [5, 5.41) is 4.88. The first-order valence-electron chi connectivity index (χ1n) is 7.42. The third kappa shape index (κ3) is 6.06. The maximum Gasteiger partial charge on any atom is 0.411 e. The number of hydrogen-bond acceptors (Lipinski definition) is 4. The minimum atomic E-state index is -9.92. The fourth-order valence-electron chi connectivity index (χ4n) is 1.86. The van der Waals surface area contributed by atoms with Crippen molar-refractivity contribution in [3.8, 4) is 5.75 Å². The van der Waals surface area contributed by atoms with Gasteiger partial charge in [0.15, 0.2) is 0 Å². The van der Waals surface area contributed by atoms with E-state index in [0.29, 0.717) is 13.1 Å². The predicted octanol–water partition coefficient (Wildman–Crippen LogP) is 5.26. The van der Waals surface area contributed by atoms with Gasteiger partial charge in [0.2, 0.25) is 0 Å². The second kappa shape index (κ2) is 6.03. The van der Waals surface area contributed by atoms with Crippen molar-refractivity contribution in [2.75, 3.05) is 25.0 Å². The van der Waals surface area contributed by atoms with Gasteiger partial charge in [-0.3, -0.25) is 5.32 Å². The first kappa shape index (κ1) is 20.8. The van der Waals surface area contributed by atoms with E-state index in [1.54, 1.807) is 13.8 Å². The summed E-state index contributed by atoms with van der Waals surface area (Å²) in [6.45, 7) is 3.73. The van der Waals surface area contributed by atoms with Crippen LogP contribution in [0.5, 0.6) is 5.75 Å². The summed E-state index contributed by atoms with van der Waals surface area (Å²) in [5.74, 6) is -0.177. The van der Waals surface area contributed by atoms with Gasteiger partial charge in [-0.1, -0.05) is 19.4 Å². The Balaban J connectivity index is 2.28. The average molecular weight is 425 g/mol. The lowest BCUT2D eigenvalue weighted by Gasteiger charge is -2.40. The van der Waals surface area contributed by atoms with Crippen molar-refractivity contribution in [3.63, 3.8) is 0 Å². The molecule has 1 aromatic carbocycles. The molecule has 12 heteroatoms. The number of hydrogen-bond donors (Lipinski definition) is 2. The molecule has 5 nitrogen and oxygen atoms in total. The highest BCUT2D eigenvalue weighted by Crippen LogP contribution is 3.02. The zero-order chi connectivity index (χ0) is 19.9. The molecule has 1 aromatic rings. The van der Waals surface area contributed by atoms with E-state index < -0.39 is 31.8 Å². The number of carbonyl (C=O) groups is 1. The number of benzene rings is 1. The Bertz CT molecular complexity index is 705. The van der Waals surface area contributed by atoms with Crippen molar-refractivity contribution < 1.29 is 33.7 Å². The van der Waals surface area contributed by atoms with Gasteiger partial charge in [0, 0.05) is 13.1 Å². The molecule has 1 saturated heterocycles. The van der Waals surface area contributed by atoms with Gasteiger partial charge in [-0.25, -0.2) is 4.79 Å². The fourth-order valence-corrected chi connectivity index (χ4v) is 2.58. The van der Waals surface area contributed by atoms with Crippen LogP contribution in [-0.4, -0.2) is 36.8 Å². The molecular formula is C14H18ClF5N2O3S. The molecule has 1 heterocycles. The van der Waals surface area contributed by atoms with Gasteiger partial charge in [0.25, 0.3) is 0 Å². The van der Waals surface area contributed by atoms with Crippen molar-refractivity contribution in [2.45, 2.75) is 29.7 Å². The lowest BCUT2D eigenvalue weighted by atomic mass is 10.2. The molecule has 1 amide bonds. The van der Waals surface area contributed by atoms with Crippen LogP contribution < -0.4 is 15.4 Å². The molecule has 0 aromatic heterocycles. The van der Waals surface area contributed by atoms with Crippen LogP contribution in [0, 0.1) is 0 Å². The molecular weight excluding hydrogens is 407 g/mol. The van der Waals surface area contributed by atoms with Crippen LogP contribution in [0.4, 0.5) is 29.9 Å². The third-order valence-corrected chi connectivity index (χ3v) is 4.47. The second-order valence-corrected chi connectivity index (χ2v) is 9.88. The second-order valence-electron chi connectivity index (χ2n) is 6.44. The highest BCUT2D eigenvalue weighted by molar-refractivity contribution is 8.45. The normalized spacial score (nSPS) is 18.3. The summed E-state index contributed by atoms with van der Waals surface area (Å²) in [6, 6.07) is 1.10. The zero-order valence-corrected chi connectivity index (χ0v) is 15.4. The Morgan fingerprint density at radius 3 is 2.38 bits per heavy atom. The number of nitrogens with one attached hydrogen (secondary N) is 2. The third-order valence-electron chi connectivity index (χ3n) is 3.22. The minimum Gasteiger partial charge on any atom is -0.486 e. The SMILES string of the molecule is CC(C)(Cl)COC(=O)Nc1cc(S(F)(F)(F)(F)F)ccc1OC1CNC1. The number of halogens is 6. The smallest absolute Gasteiger partial charge is 0.411 e. The van der Waals surface area contributed by atoms with Gasteiger partial charge in [-0.15, -0.1) is 11.6 Å². The van der Waals surface area contributed by atoms with Crippen molar-refractivity contribution in [1.82, 2.24) is 5.32 Å². The molecule has 0 atom stereocenters. The molecule has 1 aliphatic heterocycles. The predicted molar refractivity (Wildman–Crippen MR) is 90.0 cm³/mol. The first-order valence-corrected chi connectivity index (χ1v) is 9.75. The van der Waals surface area contributed by atoms with Crippen LogP contribution in [0.2, 0.25) is 0 Å². The topological polar surface area (TPSA) is 59.6 Å². The Morgan fingerprint density at radius 1 is 1.31 bits per heavy atom. The van der Waals surface area contributed by atoms with Crippen LogP contribution in [0.1, 0.15) is 13.8 Å². The summed E-state index contributed by atoms with van der Waals surface area (Å²) < 4.78 is 75.3.